The molecular weight excluding hydrogens is 346 g/mol. The van der Waals surface area contributed by atoms with Gasteiger partial charge in [-0.25, -0.2) is 4.98 Å². The van der Waals surface area contributed by atoms with Crippen molar-refractivity contribution in [2.75, 3.05) is 18.0 Å². The molecule has 2 heterocycles. The number of imidazole rings is 1. The standard InChI is InChI=1S/C20H20ClN5/c21-17-4-1-5-18-19(17)24-20(25-10-2-3-16(23)13-25)26(18)12-15-8-6-14(11-22)7-9-15/h1,4-9,16H,2-3,10,12-13,23H2. The number of rotatable bonds is 3. The van der Waals surface area contributed by atoms with E-state index in [0.717, 1.165) is 48.5 Å². The molecule has 1 unspecified atom stereocenters. The van der Waals surface area contributed by atoms with Gasteiger partial charge in [0.05, 0.1) is 28.7 Å². The molecule has 0 bridgehead atoms. The van der Waals surface area contributed by atoms with Crippen molar-refractivity contribution in [2.45, 2.75) is 25.4 Å². The fraction of sp³-hybridized carbons (Fsp3) is 0.300. The lowest BCUT2D eigenvalue weighted by Crippen LogP contribution is -2.44. The molecule has 4 rings (SSSR count). The average molecular weight is 366 g/mol. The van der Waals surface area contributed by atoms with Crippen LogP contribution in [0.15, 0.2) is 42.5 Å². The van der Waals surface area contributed by atoms with E-state index >= 15 is 0 Å². The van der Waals surface area contributed by atoms with Gasteiger partial charge in [-0.2, -0.15) is 5.26 Å². The van der Waals surface area contributed by atoms with Crippen LogP contribution in [0.4, 0.5) is 5.95 Å². The van der Waals surface area contributed by atoms with Crippen LogP contribution in [0.5, 0.6) is 0 Å². The minimum absolute atomic E-state index is 0.169. The van der Waals surface area contributed by atoms with Crippen molar-refractivity contribution in [3.05, 3.63) is 58.6 Å². The largest absolute Gasteiger partial charge is 0.341 e. The van der Waals surface area contributed by atoms with Gasteiger partial charge in [-0.15, -0.1) is 0 Å². The first-order chi connectivity index (χ1) is 12.7. The van der Waals surface area contributed by atoms with Gasteiger partial charge >= 0.3 is 0 Å². The number of hydrogen-bond acceptors (Lipinski definition) is 4. The molecule has 1 aliphatic heterocycles. The van der Waals surface area contributed by atoms with Crippen molar-refractivity contribution in [1.29, 1.82) is 5.26 Å². The number of piperidine rings is 1. The van der Waals surface area contributed by atoms with Crippen molar-refractivity contribution in [3.8, 4) is 6.07 Å². The lowest BCUT2D eigenvalue weighted by atomic mass is 10.1. The van der Waals surface area contributed by atoms with E-state index in [1.807, 2.05) is 42.5 Å². The Morgan fingerprint density at radius 3 is 2.77 bits per heavy atom. The molecule has 132 valence electrons. The zero-order valence-electron chi connectivity index (χ0n) is 14.4. The quantitative estimate of drug-likeness (QED) is 0.770. The molecule has 5 nitrogen and oxygen atoms in total. The van der Waals surface area contributed by atoms with Crippen LogP contribution >= 0.6 is 11.6 Å². The summed E-state index contributed by atoms with van der Waals surface area (Å²) >= 11 is 6.40. The second kappa shape index (κ2) is 6.99. The highest BCUT2D eigenvalue weighted by Crippen LogP contribution is 2.30. The maximum Gasteiger partial charge on any atom is 0.206 e. The number of benzene rings is 2. The Morgan fingerprint density at radius 1 is 1.23 bits per heavy atom. The molecule has 1 atom stereocenters. The molecule has 6 heteroatoms. The maximum atomic E-state index is 9.00. The SMILES string of the molecule is N#Cc1ccc(Cn2c(N3CCCC(N)C3)nc3c(Cl)cccc32)cc1. The van der Waals surface area contributed by atoms with Crippen LogP contribution in [0, 0.1) is 11.3 Å². The third-order valence-electron chi connectivity index (χ3n) is 4.87. The van der Waals surface area contributed by atoms with Crippen molar-refractivity contribution in [1.82, 2.24) is 9.55 Å². The first kappa shape index (κ1) is 16.9. The number of fused-ring (bicyclic) bond motifs is 1. The van der Waals surface area contributed by atoms with Crippen LogP contribution in [-0.2, 0) is 6.54 Å². The van der Waals surface area contributed by atoms with Gasteiger partial charge in [0.15, 0.2) is 0 Å². The van der Waals surface area contributed by atoms with Crippen LogP contribution in [0.1, 0.15) is 24.0 Å². The van der Waals surface area contributed by atoms with Crippen molar-refractivity contribution in [2.24, 2.45) is 5.73 Å². The molecule has 2 aromatic carbocycles. The Balaban J connectivity index is 1.78. The zero-order chi connectivity index (χ0) is 18.1. The normalized spacial score (nSPS) is 17.4. The number of halogens is 1. The summed E-state index contributed by atoms with van der Waals surface area (Å²) in [6.45, 7) is 2.42. The molecule has 3 aromatic rings. The molecule has 1 aliphatic rings. The van der Waals surface area contributed by atoms with E-state index < -0.39 is 0 Å². The summed E-state index contributed by atoms with van der Waals surface area (Å²) in [5, 5.41) is 9.65. The maximum absolute atomic E-state index is 9.00. The van der Waals surface area contributed by atoms with Gasteiger partial charge in [-0.3, -0.25) is 0 Å². The van der Waals surface area contributed by atoms with Crippen LogP contribution in [0.2, 0.25) is 5.02 Å². The van der Waals surface area contributed by atoms with E-state index in [-0.39, 0.29) is 6.04 Å². The number of aromatic nitrogens is 2. The zero-order valence-corrected chi connectivity index (χ0v) is 15.2. The van der Waals surface area contributed by atoms with Crippen LogP contribution in [-0.4, -0.2) is 28.7 Å². The van der Waals surface area contributed by atoms with Gasteiger partial charge in [0.25, 0.3) is 0 Å². The smallest absolute Gasteiger partial charge is 0.206 e. The molecule has 0 radical (unpaired) electrons. The molecule has 1 fully saturated rings. The van der Waals surface area contributed by atoms with Crippen LogP contribution in [0.3, 0.4) is 0 Å². The second-order valence-electron chi connectivity index (χ2n) is 6.76. The van der Waals surface area contributed by atoms with E-state index in [9.17, 15) is 0 Å². The minimum Gasteiger partial charge on any atom is -0.341 e. The topological polar surface area (TPSA) is 70.9 Å². The molecule has 0 aliphatic carbocycles. The molecule has 0 amide bonds. The van der Waals surface area contributed by atoms with Gasteiger partial charge in [0, 0.05) is 19.1 Å². The summed E-state index contributed by atoms with van der Waals surface area (Å²) in [6, 6.07) is 15.9. The van der Waals surface area contributed by atoms with Crippen molar-refractivity contribution >= 4 is 28.6 Å². The number of hydrogen-bond donors (Lipinski definition) is 1. The summed E-state index contributed by atoms with van der Waals surface area (Å²) in [6.07, 6.45) is 2.11. The summed E-state index contributed by atoms with van der Waals surface area (Å²) in [5.41, 5.74) is 9.79. The van der Waals surface area contributed by atoms with Gasteiger partial charge in [-0.1, -0.05) is 29.8 Å². The predicted molar refractivity (Wildman–Crippen MR) is 104 cm³/mol. The highest BCUT2D eigenvalue weighted by molar-refractivity contribution is 6.35. The fourth-order valence-corrected chi connectivity index (χ4v) is 3.77. The predicted octanol–water partition coefficient (Wildman–Crippen LogP) is 3.54. The van der Waals surface area contributed by atoms with E-state index in [0.29, 0.717) is 17.1 Å². The molecule has 0 saturated carbocycles. The highest BCUT2D eigenvalue weighted by atomic mass is 35.5. The Kier molecular flexibility index (Phi) is 4.54. The Labute approximate surface area is 157 Å². The lowest BCUT2D eigenvalue weighted by molar-refractivity contribution is 0.495. The minimum atomic E-state index is 0.169. The van der Waals surface area contributed by atoms with Gasteiger partial charge in [-0.05, 0) is 42.7 Å². The Hall–Kier alpha value is -2.55. The second-order valence-corrected chi connectivity index (χ2v) is 7.17. The number of para-hydroxylation sites is 1. The molecule has 1 saturated heterocycles. The number of anilines is 1. The molecule has 2 N–H and O–H groups in total. The Bertz CT molecular complexity index is 970. The third kappa shape index (κ3) is 3.14. The summed E-state index contributed by atoms with van der Waals surface area (Å²) < 4.78 is 2.20. The summed E-state index contributed by atoms with van der Waals surface area (Å²) in [5.74, 6) is 0.910. The van der Waals surface area contributed by atoms with Gasteiger partial charge < -0.3 is 15.2 Å². The molecular formula is C20H20ClN5. The monoisotopic (exact) mass is 365 g/mol. The van der Waals surface area contributed by atoms with Crippen molar-refractivity contribution < 1.29 is 0 Å². The van der Waals surface area contributed by atoms with Crippen LogP contribution < -0.4 is 10.6 Å². The fourth-order valence-electron chi connectivity index (χ4n) is 3.56. The lowest BCUT2D eigenvalue weighted by Gasteiger charge is -2.32. The number of nitriles is 1. The first-order valence-corrected chi connectivity index (χ1v) is 9.18. The van der Waals surface area contributed by atoms with E-state index in [1.165, 1.54) is 0 Å². The molecule has 1 aromatic heterocycles. The van der Waals surface area contributed by atoms with Crippen molar-refractivity contribution in [3.63, 3.8) is 0 Å². The molecule has 26 heavy (non-hydrogen) atoms. The number of nitrogens with two attached hydrogens (primary N) is 1. The average Bonchev–Trinajstić information content (AvgIpc) is 3.02. The van der Waals surface area contributed by atoms with Gasteiger partial charge in [0.2, 0.25) is 5.95 Å². The van der Waals surface area contributed by atoms with Crippen LogP contribution in [0.25, 0.3) is 11.0 Å². The third-order valence-corrected chi connectivity index (χ3v) is 5.18. The van der Waals surface area contributed by atoms with Gasteiger partial charge in [0.1, 0.15) is 5.52 Å². The van der Waals surface area contributed by atoms with E-state index in [1.54, 1.807) is 0 Å². The number of nitrogens with zero attached hydrogens (tertiary/aromatic N) is 4. The molecule has 0 spiro atoms. The van der Waals surface area contributed by atoms with E-state index in [4.69, 9.17) is 27.6 Å². The summed E-state index contributed by atoms with van der Waals surface area (Å²) in [4.78, 5) is 7.11. The highest BCUT2D eigenvalue weighted by Gasteiger charge is 2.23. The first-order valence-electron chi connectivity index (χ1n) is 8.80. The van der Waals surface area contributed by atoms with E-state index in [2.05, 4.69) is 15.5 Å². The Morgan fingerprint density at radius 2 is 2.04 bits per heavy atom. The summed E-state index contributed by atoms with van der Waals surface area (Å²) in [7, 11) is 0.